The monoisotopic (exact) mass is 1400 g/mol. The average molecular weight is 1410 g/mol. The summed E-state index contributed by atoms with van der Waals surface area (Å²) in [5, 5.41) is 238. The Labute approximate surface area is 543 Å². The molecular formula is C53H88N4O39. The summed E-state index contributed by atoms with van der Waals surface area (Å²) in [5.74, 6) is -8.84. The molecule has 7 aliphatic heterocycles. The molecule has 43 nitrogen and oxygen atoms in total. The standard InChI is InChI=1S/C53H88N4O39/c1-13(64)54-25-17(68)5-53(52(82)83,95-43(25)29(70)18(69)6-58)96-45-32(73)21(9-61)88-51(39(45)80)93-42-28(57-16(4)67)46(81)85-24(33(42)74)12-84-47-26(55-14(2)65)34(75)40(22(10-62)89-47)92-50-38(79)44(31(72)20(8-60)87-50)94-48-27(56-15(3)66)35(76)41(23(11-63)90-48)91-49-37(78)36(77)30(71)19(7-59)86-49/h17-51,58-63,68-81H,5-12H2,1-4H3,(H,54,64)(H,55,65)(H,56,66)(H,57,67)(H,82,83)/t17-,18+,19+,20+,21+,22+,23+,24+,25+,26+,27+,28+,29+,30-,31-,32-,33-,34+,35+,36-,37+,38+,39+,40+,41+,42+,43+,44-,45-,46?,47+,48-,49-,50-,51-,53-/m0/s1. The Morgan fingerprint density at radius 2 is 0.823 bits per heavy atom. The smallest absolute Gasteiger partial charge is 0.364 e. The predicted molar refractivity (Wildman–Crippen MR) is 295 cm³/mol. The van der Waals surface area contributed by atoms with Gasteiger partial charge in [0.1, 0.15) is 165 Å². The van der Waals surface area contributed by atoms with E-state index in [2.05, 4.69) is 21.3 Å². The van der Waals surface area contributed by atoms with Gasteiger partial charge in [-0.1, -0.05) is 0 Å². The minimum absolute atomic E-state index is 0.843. The highest BCUT2D eigenvalue weighted by atomic mass is 16.8. The largest absolute Gasteiger partial charge is 0.477 e. The molecule has 554 valence electrons. The first-order valence-electron chi connectivity index (χ1n) is 30.2. The van der Waals surface area contributed by atoms with Gasteiger partial charge in [-0.05, 0) is 0 Å². The molecule has 7 rings (SSSR count). The van der Waals surface area contributed by atoms with Crippen molar-refractivity contribution in [2.24, 2.45) is 0 Å². The van der Waals surface area contributed by atoms with Crippen LogP contribution in [0, 0.1) is 0 Å². The van der Waals surface area contributed by atoms with E-state index in [0.29, 0.717) is 0 Å². The quantitative estimate of drug-likeness (QED) is 0.0382. The Morgan fingerprint density at radius 3 is 1.30 bits per heavy atom. The number of nitrogens with one attached hydrogen (secondary N) is 4. The Morgan fingerprint density at radius 1 is 0.427 bits per heavy atom. The molecule has 1 unspecified atom stereocenters. The number of hydrogen-bond donors (Lipinski definition) is 25. The van der Waals surface area contributed by atoms with Crippen LogP contribution in [0.2, 0.25) is 0 Å². The van der Waals surface area contributed by atoms with Crippen LogP contribution in [0.4, 0.5) is 0 Å². The van der Waals surface area contributed by atoms with E-state index >= 15 is 0 Å². The summed E-state index contributed by atoms with van der Waals surface area (Å²) < 4.78 is 74.9. The zero-order valence-corrected chi connectivity index (χ0v) is 51.6. The number of hydrogen-bond acceptors (Lipinski definition) is 38. The number of rotatable bonds is 26. The maximum atomic E-state index is 13.1. The van der Waals surface area contributed by atoms with Gasteiger partial charge in [0.2, 0.25) is 23.6 Å². The first-order valence-corrected chi connectivity index (χ1v) is 30.2. The molecule has 0 aromatic rings. The van der Waals surface area contributed by atoms with Crippen molar-refractivity contribution in [2.75, 3.05) is 46.2 Å². The van der Waals surface area contributed by atoms with Crippen LogP contribution in [0.25, 0.3) is 0 Å². The highest BCUT2D eigenvalue weighted by Gasteiger charge is 2.62. The van der Waals surface area contributed by atoms with Crippen LogP contribution in [0.1, 0.15) is 34.1 Å². The SMILES string of the molecule is CC(=O)N[C@H]1[C@H](O[C@H]2[C@@H](O)[C@@H](CO)O[C@@H](O[C@H]3[C@H](O)[C@@H](NC(C)=O)[C@H](OC[C@H]4OC(O)[C@H](NC(C)=O)[C@@H](O[C@@H]5O[C@H](CO)[C@H](O)[C@H](O[C@]6(C(=O)O)C[C@H](O)[C@@H](NC(C)=O)[C@H]([C@H](O)[C@H](O)CO)O6)[C@H]5O)[C@H]4O)O[C@@H]3CO)[C@@H]2O)O[C@H](CO)[C@@H](O[C@@H]2O[C@H](CO)[C@H](O)[C@H](O)[C@H]2O)[C@@H]1O. The molecule has 0 aliphatic carbocycles. The van der Waals surface area contributed by atoms with E-state index in [1.54, 1.807) is 0 Å². The minimum Gasteiger partial charge on any atom is -0.477 e. The lowest BCUT2D eigenvalue weighted by Crippen LogP contribution is -2.71. The lowest BCUT2D eigenvalue weighted by Gasteiger charge is -2.51. The number of carbonyl (C=O) groups excluding carboxylic acids is 4. The molecule has 7 saturated heterocycles. The number of aliphatic carboxylic acids is 1. The van der Waals surface area contributed by atoms with E-state index in [4.69, 9.17) is 61.6 Å². The van der Waals surface area contributed by atoms with Crippen LogP contribution >= 0.6 is 0 Å². The second kappa shape index (κ2) is 34.1. The molecule has 7 fully saturated rings. The van der Waals surface area contributed by atoms with E-state index < -0.39 is 303 Å². The predicted octanol–water partition coefficient (Wildman–Crippen LogP) is -16.5. The average Bonchev–Trinajstić information content (AvgIpc) is 0.761. The van der Waals surface area contributed by atoms with E-state index in [0.717, 1.165) is 27.7 Å². The van der Waals surface area contributed by atoms with Gasteiger partial charge in [0, 0.05) is 34.1 Å². The molecule has 7 heterocycles. The fraction of sp³-hybridized carbons (Fsp3) is 0.906. The molecule has 0 radical (unpaired) electrons. The van der Waals surface area contributed by atoms with Crippen LogP contribution in [-0.4, -0.2) is 403 Å². The van der Waals surface area contributed by atoms with Crippen molar-refractivity contribution < 1.29 is 193 Å². The zero-order valence-electron chi connectivity index (χ0n) is 51.6. The summed E-state index contributed by atoms with van der Waals surface area (Å²) in [5.41, 5.74) is 0. The molecule has 0 aromatic heterocycles. The summed E-state index contributed by atoms with van der Waals surface area (Å²) in [4.78, 5) is 63.1. The van der Waals surface area contributed by atoms with Crippen molar-refractivity contribution in [1.82, 2.24) is 21.3 Å². The normalized spacial score (nSPS) is 46.0. The number of carboxylic acids is 1. The lowest BCUT2D eigenvalue weighted by atomic mass is 9.88. The number of aliphatic hydroxyl groups is 20. The number of aliphatic hydroxyl groups excluding tert-OH is 20. The van der Waals surface area contributed by atoms with Gasteiger partial charge in [-0.2, -0.15) is 0 Å². The van der Waals surface area contributed by atoms with E-state index in [1.165, 1.54) is 0 Å². The first kappa shape index (κ1) is 79.4. The topological polar surface area (TPSA) is 678 Å². The van der Waals surface area contributed by atoms with Gasteiger partial charge in [0.25, 0.3) is 5.79 Å². The van der Waals surface area contributed by atoms with Gasteiger partial charge in [0.05, 0.1) is 58.4 Å². The molecule has 96 heavy (non-hydrogen) atoms. The number of carboxylic acid groups (broad SMARTS) is 1. The Hall–Kier alpha value is -3.97. The summed E-state index contributed by atoms with van der Waals surface area (Å²) in [7, 11) is 0. The van der Waals surface area contributed by atoms with Gasteiger partial charge in [-0.25, -0.2) is 4.79 Å². The molecule has 0 saturated carbocycles. The van der Waals surface area contributed by atoms with Crippen molar-refractivity contribution in [3.63, 3.8) is 0 Å². The van der Waals surface area contributed by atoms with E-state index in [9.17, 15) is 131 Å². The number of amides is 4. The second-order valence-electron chi connectivity index (χ2n) is 24.0. The summed E-state index contributed by atoms with van der Waals surface area (Å²) >= 11 is 0. The molecule has 0 aromatic carbocycles. The van der Waals surface area contributed by atoms with E-state index in [-0.39, 0.29) is 0 Å². The van der Waals surface area contributed by atoms with Crippen LogP contribution in [0.15, 0.2) is 0 Å². The van der Waals surface area contributed by atoms with Gasteiger partial charge in [-0.15, -0.1) is 0 Å². The van der Waals surface area contributed by atoms with Crippen LogP contribution in [0.5, 0.6) is 0 Å². The molecule has 36 atom stereocenters. The van der Waals surface area contributed by atoms with Gasteiger partial charge in [-0.3, -0.25) is 19.2 Å². The number of ether oxygens (including phenoxy) is 13. The van der Waals surface area contributed by atoms with Crippen LogP contribution in [-0.2, 0) is 85.6 Å². The maximum absolute atomic E-state index is 13.1. The van der Waals surface area contributed by atoms with Gasteiger partial charge < -0.3 is 190 Å². The van der Waals surface area contributed by atoms with Gasteiger partial charge >= 0.3 is 5.97 Å². The minimum atomic E-state index is -3.24. The van der Waals surface area contributed by atoms with Crippen molar-refractivity contribution in [2.45, 2.75) is 254 Å². The van der Waals surface area contributed by atoms with Crippen molar-refractivity contribution >= 4 is 29.6 Å². The lowest BCUT2D eigenvalue weighted by molar-refractivity contribution is -0.382. The summed E-state index contributed by atoms with van der Waals surface area (Å²) in [6, 6.07) is -7.13. The van der Waals surface area contributed by atoms with Crippen molar-refractivity contribution in [1.29, 1.82) is 0 Å². The fourth-order valence-electron chi connectivity index (χ4n) is 12.2. The highest BCUT2D eigenvalue weighted by Crippen LogP contribution is 2.40. The van der Waals surface area contributed by atoms with Crippen molar-refractivity contribution in [3.05, 3.63) is 0 Å². The third-order valence-electron chi connectivity index (χ3n) is 17.1. The maximum Gasteiger partial charge on any atom is 0.364 e. The third kappa shape index (κ3) is 17.5. The van der Waals surface area contributed by atoms with Gasteiger partial charge in [0.15, 0.2) is 37.7 Å². The molecule has 0 bridgehead atoms. The molecule has 7 aliphatic rings. The van der Waals surface area contributed by atoms with E-state index in [1.807, 2.05) is 0 Å². The zero-order chi connectivity index (χ0) is 71.3. The Balaban J connectivity index is 1.08. The summed E-state index contributed by atoms with van der Waals surface area (Å²) in [6.45, 7) is -3.49. The number of carbonyl (C=O) groups is 5. The molecule has 25 N–H and O–H groups in total. The Kier molecular flexibility index (Phi) is 28.2. The van der Waals surface area contributed by atoms with Crippen molar-refractivity contribution in [3.8, 4) is 0 Å². The van der Waals surface area contributed by atoms with Crippen LogP contribution in [0.3, 0.4) is 0 Å². The molecule has 4 amide bonds. The highest BCUT2D eigenvalue weighted by molar-refractivity contribution is 5.77. The molecule has 43 heteroatoms. The summed E-state index contributed by atoms with van der Waals surface area (Å²) in [6.07, 6.45) is -64.0. The first-order chi connectivity index (χ1) is 45.2. The molecule has 0 spiro atoms. The molecular weight excluding hydrogens is 1320 g/mol. The second-order valence-corrected chi connectivity index (χ2v) is 24.0. The Bertz CT molecular complexity index is 2540. The third-order valence-corrected chi connectivity index (χ3v) is 17.1. The fourth-order valence-corrected chi connectivity index (χ4v) is 12.2. The van der Waals surface area contributed by atoms with Crippen LogP contribution < -0.4 is 21.3 Å².